The first kappa shape index (κ1) is 10.2. The van der Waals surface area contributed by atoms with Gasteiger partial charge in [-0.25, -0.2) is 0 Å². The molecule has 0 aliphatic carbocycles. The molecule has 3 rings (SSSR count). The number of fused-ring (bicyclic) bond motifs is 2. The molecule has 0 aromatic carbocycles. The first-order valence-electron chi connectivity index (χ1n) is 6.12. The summed E-state index contributed by atoms with van der Waals surface area (Å²) in [6, 6.07) is 4.64. The summed E-state index contributed by atoms with van der Waals surface area (Å²) >= 11 is 0. The molecule has 3 nitrogen and oxygen atoms in total. The molecule has 3 heteroatoms. The summed E-state index contributed by atoms with van der Waals surface area (Å²) in [4.78, 5) is 4.40. The number of hydrogen-bond acceptors (Lipinski definition) is 3. The first-order valence-corrected chi connectivity index (χ1v) is 6.12. The molecule has 1 aromatic rings. The van der Waals surface area contributed by atoms with E-state index in [1.165, 1.54) is 24.8 Å². The van der Waals surface area contributed by atoms with Crippen LogP contribution in [-0.2, 0) is 11.3 Å². The van der Waals surface area contributed by atoms with E-state index in [1.54, 1.807) is 0 Å². The zero-order valence-electron chi connectivity index (χ0n) is 9.65. The summed E-state index contributed by atoms with van der Waals surface area (Å²) in [5.74, 6) is 0. The minimum Gasteiger partial charge on any atom is -0.373 e. The summed E-state index contributed by atoms with van der Waals surface area (Å²) in [5, 5.41) is 3.58. The zero-order valence-corrected chi connectivity index (χ0v) is 9.65. The normalized spacial score (nSPS) is 32.2. The maximum absolute atomic E-state index is 5.82. The Balaban J connectivity index is 1.59. The van der Waals surface area contributed by atoms with Crippen LogP contribution in [0.3, 0.4) is 0 Å². The van der Waals surface area contributed by atoms with Crippen molar-refractivity contribution in [2.45, 2.75) is 51.0 Å². The average molecular weight is 218 g/mol. The Bertz CT molecular complexity index is 380. The fourth-order valence-corrected chi connectivity index (χ4v) is 2.78. The van der Waals surface area contributed by atoms with Crippen LogP contribution in [0.4, 0.5) is 0 Å². The third kappa shape index (κ3) is 1.85. The van der Waals surface area contributed by atoms with Gasteiger partial charge in [0.15, 0.2) is 0 Å². The standard InChI is InChI=1S/C13H18N2O/c1-9-3-2-6-14-12(9)8-15-11-7-10-4-5-13(11)16-10/h2-3,6,10-11,13,15H,4-5,7-8H2,1H3. The lowest BCUT2D eigenvalue weighted by molar-refractivity contribution is 0.0972. The summed E-state index contributed by atoms with van der Waals surface area (Å²) in [5.41, 5.74) is 2.42. The molecule has 2 saturated heterocycles. The van der Waals surface area contributed by atoms with E-state index in [9.17, 15) is 0 Å². The van der Waals surface area contributed by atoms with Crippen LogP contribution in [0.15, 0.2) is 18.3 Å². The van der Waals surface area contributed by atoms with Crippen molar-refractivity contribution in [1.82, 2.24) is 10.3 Å². The summed E-state index contributed by atoms with van der Waals surface area (Å²) in [6.45, 7) is 2.98. The van der Waals surface area contributed by atoms with Gasteiger partial charge in [-0.05, 0) is 37.8 Å². The molecule has 2 bridgehead atoms. The van der Waals surface area contributed by atoms with Crippen LogP contribution in [0.1, 0.15) is 30.5 Å². The molecule has 0 spiro atoms. The highest BCUT2D eigenvalue weighted by Gasteiger charge is 2.40. The molecule has 2 aliphatic rings. The van der Waals surface area contributed by atoms with Crippen LogP contribution in [0.25, 0.3) is 0 Å². The molecule has 0 saturated carbocycles. The highest BCUT2D eigenvalue weighted by atomic mass is 16.5. The first-order chi connectivity index (χ1) is 7.83. The number of aromatic nitrogens is 1. The van der Waals surface area contributed by atoms with Crippen LogP contribution >= 0.6 is 0 Å². The zero-order chi connectivity index (χ0) is 11.0. The number of pyridine rings is 1. The molecule has 86 valence electrons. The van der Waals surface area contributed by atoms with Crippen molar-refractivity contribution in [1.29, 1.82) is 0 Å². The van der Waals surface area contributed by atoms with E-state index in [2.05, 4.69) is 23.3 Å². The van der Waals surface area contributed by atoms with Gasteiger partial charge in [-0.3, -0.25) is 4.98 Å². The van der Waals surface area contributed by atoms with Gasteiger partial charge < -0.3 is 10.1 Å². The van der Waals surface area contributed by atoms with Crippen LogP contribution in [0, 0.1) is 6.92 Å². The van der Waals surface area contributed by atoms with Gasteiger partial charge in [-0.2, -0.15) is 0 Å². The van der Waals surface area contributed by atoms with Gasteiger partial charge in [-0.1, -0.05) is 6.07 Å². The Morgan fingerprint density at radius 1 is 1.50 bits per heavy atom. The van der Waals surface area contributed by atoms with Gasteiger partial charge in [0.05, 0.1) is 17.9 Å². The van der Waals surface area contributed by atoms with Crippen LogP contribution in [0.2, 0.25) is 0 Å². The second-order valence-electron chi connectivity index (χ2n) is 4.86. The number of nitrogens with zero attached hydrogens (tertiary/aromatic N) is 1. The van der Waals surface area contributed by atoms with E-state index in [-0.39, 0.29) is 0 Å². The van der Waals surface area contributed by atoms with Crippen molar-refractivity contribution >= 4 is 0 Å². The fourth-order valence-electron chi connectivity index (χ4n) is 2.78. The Morgan fingerprint density at radius 2 is 2.44 bits per heavy atom. The molecule has 2 fully saturated rings. The average Bonchev–Trinajstić information content (AvgIpc) is 2.90. The Labute approximate surface area is 96.2 Å². The molecule has 3 unspecified atom stereocenters. The predicted molar refractivity (Wildman–Crippen MR) is 62.1 cm³/mol. The van der Waals surface area contributed by atoms with Gasteiger partial charge in [0, 0.05) is 18.8 Å². The molecule has 3 atom stereocenters. The number of hydrogen-bond donors (Lipinski definition) is 1. The second kappa shape index (κ2) is 4.15. The molecule has 3 heterocycles. The van der Waals surface area contributed by atoms with Crippen molar-refractivity contribution in [3.63, 3.8) is 0 Å². The predicted octanol–water partition coefficient (Wildman–Crippen LogP) is 1.80. The SMILES string of the molecule is Cc1cccnc1CNC1CC2CCC1O2. The maximum Gasteiger partial charge on any atom is 0.0733 e. The second-order valence-corrected chi connectivity index (χ2v) is 4.86. The summed E-state index contributed by atoms with van der Waals surface area (Å²) < 4.78 is 5.82. The topological polar surface area (TPSA) is 34.2 Å². The lowest BCUT2D eigenvalue weighted by Gasteiger charge is -2.20. The quantitative estimate of drug-likeness (QED) is 0.840. The molecule has 2 aliphatic heterocycles. The third-order valence-corrected chi connectivity index (χ3v) is 3.76. The monoisotopic (exact) mass is 218 g/mol. The van der Waals surface area contributed by atoms with Crippen molar-refractivity contribution < 1.29 is 4.74 Å². The van der Waals surface area contributed by atoms with E-state index < -0.39 is 0 Å². The molecule has 16 heavy (non-hydrogen) atoms. The maximum atomic E-state index is 5.82. The van der Waals surface area contributed by atoms with E-state index in [0.717, 1.165) is 12.2 Å². The third-order valence-electron chi connectivity index (χ3n) is 3.76. The van der Waals surface area contributed by atoms with Crippen molar-refractivity contribution in [3.8, 4) is 0 Å². The van der Waals surface area contributed by atoms with E-state index in [0.29, 0.717) is 18.2 Å². The summed E-state index contributed by atoms with van der Waals surface area (Å²) in [7, 11) is 0. The van der Waals surface area contributed by atoms with Crippen LogP contribution in [-0.4, -0.2) is 23.2 Å². The Hall–Kier alpha value is -0.930. The van der Waals surface area contributed by atoms with Gasteiger partial charge in [0.2, 0.25) is 0 Å². The smallest absolute Gasteiger partial charge is 0.0733 e. The largest absolute Gasteiger partial charge is 0.373 e. The Morgan fingerprint density at radius 3 is 3.12 bits per heavy atom. The fraction of sp³-hybridized carbons (Fsp3) is 0.615. The Kier molecular flexibility index (Phi) is 2.65. The molecular weight excluding hydrogens is 200 g/mol. The van der Waals surface area contributed by atoms with Gasteiger partial charge >= 0.3 is 0 Å². The number of ether oxygens (including phenoxy) is 1. The van der Waals surface area contributed by atoms with Crippen molar-refractivity contribution in [2.75, 3.05) is 0 Å². The lowest BCUT2D eigenvalue weighted by Crippen LogP contribution is -2.37. The number of nitrogens with one attached hydrogen (secondary N) is 1. The van der Waals surface area contributed by atoms with Crippen molar-refractivity contribution in [3.05, 3.63) is 29.6 Å². The van der Waals surface area contributed by atoms with Crippen LogP contribution in [0.5, 0.6) is 0 Å². The van der Waals surface area contributed by atoms with E-state index in [4.69, 9.17) is 4.74 Å². The minimum absolute atomic E-state index is 0.453. The minimum atomic E-state index is 0.453. The van der Waals surface area contributed by atoms with Gasteiger partial charge in [-0.15, -0.1) is 0 Å². The summed E-state index contributed by atoms with van der Waals surface area (Å²) in [6.07, 6.45) is 6.49. The van der Waals surface area contributed by atoms with Gasteiger partial charge in [0.1, 0.15) is 0 Å². The highest BCUT2D eigenvalue weighted by molar-refractivity contribution is 5.17. The highest BCUT2D eigenvalue weighted by Crippen LogP contribution is 2.34. The van der Waals surface area contributed by atoms with Crippen molar-refractivity contribution in [2.24, 2.45) is 0 Å². The van der Waals surface area contributed by atoms with Gasteiger partial charge in [0.25, 0.3) is 0 Å². The van der Waals surface area contributed by atoms with E-state index in [1.807, 2.05) is 12.3 Å². The molecular formula is C13H18N2O. The number of aryl methyl sites for hydroxylation is 1. The molecule has 0 amide bonds. The number of rotatable bonds is 3. The van der Waals surface area contributed by atoms with E-state index >= 15 is 0 Å². The lowest BCUT2D eigenvalue weighted by atomic mass is 9.95. The molecule has 0 radical (unpaired) electrons. The molecule has 1 aromatic heterocycles. The molecule has 1 N–H and O–H groups in total. The van der Waals surface area contributed by atoms with Crippen LogP contribution < -0.4 is 5.32 Å².